The second-order valence-electron chi connectivity index (χ2n) is 4.31. The van der Waals surface area contributed by atoms with Crippen LogP contribution in [0.2, 0.25) is 0 Å². The molecule has 1 rings (SSSR count). The highest BCUT2D eigenvalue weighted by atomic mass is 32.2. The molecule has 0 aliphatic carbocycles. The van der Waals surface area contributed by atoms with Gasteiger partial charge in [0.1, 0.15) is 0 Å². The minimum Gasteiger partial charge on any atom is -0.395 e. The van der Waals surface area contributed by atoms with E-state index in [1.165, 1.54) is 0 Å². The first-order chi connectivity index (χ1) is 8.24. The number of rotatable bonds is 6. The van der Waals surface area contributed by atoms with Crippen molar-refractivity contribution in [1.29, 1.82) is 0 Å². The van der Waals surface area contributed by atoms with Crippen molar-refractivity contribution in [3.63, 3.8) is 0 Å². The number of aliphatic hydroxyl groups is 1. The molecule has 1 aliphatic rings. The highest BCUT2D eigenvalue weighted by molar-refractivity contribution is 7.99. The van der Waals surface area contributed by atoms with E-state index in [9.17, 15) is 4.79 Å². The van der Waals surface area contributed by atoms with Gasteiger partial charge in [0.15, 0.2) is 0 Å². The van der Waals surface area contributed by atoms with Gasteiger partial charge < -0.3 is 15.3 Å². The molecule has 2 N–H and O–H groups in total. The second-order valence-corrected chi connectivity index (χ2v) is 5.46. The van der Waals surface area contributed by atoms with Crippen LogP contribution >= 0.6 is 11.8 Å². The summed E-state index contributed by atoms with van der Waals surface area (Å²) in [6, 6.07) is 0.185. The lowest BCUT2D eigenvalue weighted by atomic mass is 10.1. The molecule has 0 spiro atoms. The highest BCUT2D eigenvalue weighted by Gasteiger charge is 2.28. The Morgan fingerprint density at radius 3 is 2.71 bits per heavy atom. The number of amides is 1. The quantitative estimate of drug-likeness (QED) is 0.738. The molecule has 0 saturated carbocycles. The minimum atomic E-state index is -0.0686. The van der Waals surface area contributed by atoms with Gasteiger partial charge in [-0.05, 0) is 12.8 Å². The van der Waals surface area contributed by atoms with Crippen molar-refractivity contribution in [3.05, 3.63) is 0 Å². The van der Waals surface area contributed by atoms with Crippen LogP contribution in [0.4, 0.5) is 0 Å². The zero-order valence-corrected chi connectivity index (χ0v) is 11.6. The SMILES string of the molecule is CCC(CC)N(CCO)C(=O)C1CSCCN1. The van der Waals surface area contributed by atoms with Gasteiger partial charge in [0.2, 0.25) is 5.91 Å². The smallest absolute Gasteiger partial charge is 0.240 e. The maximum absolute atomic E-state index is 12.4. The van der Waals surface area contributed by atoms with Gasteiger partial charge in [0.05, 0.1) is 12.6 Å². The van der Waals surface area contributed by atoms with E-state index in [0.29, 0.717) is 6.54 Å². The number of carbonyl (C=O) groups is 1. The van der Waals surface area contributed by atoms with Crippen LogP contribution in [-0.2, 0) is 4.79 Å². The molecule has 1 unspecified atom stereocenters. The Morgan fingerprint density at radius 2 is 2.24 bits per heavy atom. The molecule has 0 aromatic carbocycles. The summed E-state index contributed by atoms with van der Waals surface area (Å²) >= 11 is 1.82. The van der Waals surface area contributed by atoms with Crippen molar-refractivity contribution in [2.75, 3.05) is 31.2 Å². The van der Waals surface area contributed by atoms with E-state index in [2.05, 4.69) is 19.2 Å². The fourth-order valence-corrected chi connectivity index (χ4v) is 3.16. The van der Waals surface area contributed by atoms with Gasteiger partial charge in [-0.25, -0.2) is 0 Å². The molecular formula is C12H24N2O2S. The van der Waals surface area contributed by atoms with Gasteiger partial charge in [0.25, 0.3) is 0 Å². The molecule has 0 radical (unpaired) electrons. The Hall–Kier alpha value is -0.260. The molecule has 1 saturated heterocycles. The summed E-state index contributed by atoms with van der Waals surface area (Å²) in [6.07, 6.45) is 1.89. The lowest BCUT2D eigenvalue weighted by Crippen LogP contribution is -2.54. The average molecular weight is 260 g/mol. The van der Waals surface area contributed by atoms with Crippen LogP contribution in [0, 0.1) is 0 Å². The van der Waals surface area contributed by atoms with Crippen LogP contribution in [0.3, 0.4) is 0 Å². The van der Waals surface area contributed by atoms with Crippen molar-refractivity contribution in [2.45, 2.75) is 38.8 Å². The third kappa shape index (κ3) is 4.16. The summed E-state index contributed by atoms with van der Waals surface area (Å²) in [5, 5.41) is 12.4. The standard InChI is InChI=1S/C12H24N2O2S/c1-3-10(4-2)14(6-7-15)12(16)11-9-17-8-5-13-11/h10-11,13,15H,3-9H2,1-2H3. The summed E-state index contributed by atoms with van der Waals surface area (Å²) in [6.45, 7) is 5.58. The molecule has 0 bridgehead atoms. The van der Waals surface area contributed by atoms with E-state index < -0.39 is 0 Å². The second kappa shape index (κ2) is 7.95. The number of nitrogens with zero attached hydrogens (tertiary/aromatic N) is 1. The number of aliphatic hydroxyl groups excluding tert-OH is 1. The van der Waals surface area contributed by atoms with Crippen molar-refractivity contribution >= 4 is 17.7 Å². The van der Waals surface area contributed by atoms with Crippen molar-refractivity contribution in [3.8, 4) is 0 Å². The maximum atomic E-state index is 12.4. The van der Waals surface area contributed by atoms with Crippen molar-refractivity contribution < 1.29 is 9.90 Å². The fraction of sp³-hybridized carbons (Fsp3) is 0.917. The zero-order valence-electron chi connectivity index (χ0n) is 10.8. The van der Waals surface area contributed by atoms with Crippen LogP contribution < -0.4 is 5.32 Å². The fourth-order valence-electron chi connectivity index (χ4n) is 2.23. The molecule has 1 fully saturated rings. The molecule has 4 nitrogen and oxygen atoms in total. The zero-order chi connectivity index (χ0) is 12.7. The van der Waals surface area contributed by atoms with Gasteiger partial charge in [-0.3, -0.25) is 4.79 Å². The minimum absolute atomic E-state index is 0.0438. The number of carbonyl (C=O) groups excluding carboxylic acids is 1. The molecule has 0 aromatic heterocycles. The first-order valence-corrected chi connectivity index (χ1v) is 7.62. The Bertz CT molecular complexity index is 229. The Kier molecular flexibility index (Phi) is 6.92. The summed E-state index contributed by atoms with van der Waals surface area (Å²) in [5.41, 5.74) is 0. The molecule has 1 amide bonds. The van der Waals surface area contributed by atoms with Crippen LogP contribution in [-0.4, -0.2) is 59.2 Å². The first kappa shape index (κ1) is 14.8. The van der Waals surface area contributed by atoms with Gasteiger partial charge in [0, 0.05) is 30.6 Å². The number of hydrogen-bond acceptors (Lipinski definition) is 4. The van der Waals surface area contributed by atoms with E-state index in [4.69, 9.17) is 5.11 Å². The maximum Gasteiger partial charge on any atom is 0.240 e. The third-order valence-corrected chi connectivity index (χ3v) is 4.29. The largest absolute Gasteiger partial charge is 0.395 e. The van der Waals surface area contributed by atoms with E-state index in [1.54, 1.807) is 0 Å². The Balaban J connectivity index is 2.63. The lowest BCUT2D eigenvalue weighted by molar-refractivity contribution is -0.136. The Labute approximate surface area is 108 Å². The van der Waals surface area contributed by atoms with Gasteiger partial charge >= 0.3 is 0 Å². The van der Waals surface area contributed by atoms with Crippen molar-refractivity contribution in [1.82, 2.24) is 10.2 Å². The topological polar surface area (TPSA) is 52.6 Å². The average Bonchev–Trinajstić information content (AvgIpc) is 2.39. The Morgan fingerprint density at radius 1 is 1.53 bits per heavy atom. The van der Waals surface area contributed by atoms with Crippen molar-refractivity contribution in [2.24, 2.45) is 0 Å². The first-order valence-electron chi connectivity index (χ1n) is 6.47. The number of thioether (sulfide) groups is 1. The molecule has 0 aromatic rings. The van der Waals surface area contributed by atoms with E-state index >= 15 is 0 Å². The summed E-state index contributed by atoms with van der Waals surface area (Å²) in [5.74, 6) is 2.08. The summed E-state index contributed by atoms with van der Waals surface area (Å²) < 4.78 is 0. The predicted molar refractivity (Wildman–Crippen MR) is 72.3 cm³/mol. The third-order valence-electron chi connectivity index (χ3n) is 3.23. The lowest BCUT2D eigenvalue weighted by Gasteiger charge is -2.34. The molecule has 17 heavy (non-hydrogen) atoms. The highest BCUT2D eigenvalue weighted by Crippen LogP contribution is 2.14. The summed E-state index contributed by atoms with van der Waals surface area (Å²) in [7, 11) is 0. The summed E-state index contributed by atoms with van der Waals surface area (Å²) in [4.78, 5) is 14.2. The molecular weight excluding hydrogens is 236 g/mol. The van der Waals surface area contributed by atoms with Gasteiger partial charge in [-0.15, -0.1) is 0 Å². The molecule has 5 heteroatoms. The van der Waals surface area contributed by atoms with Crippen LogP contribution in [0.15, 0.2) is 0 Å². The normalized spacial score (nSPS) is 20.6. The van der Waals surface area contributed by atoms with Crippen LogP contribution in [0.25, 0.3) is 0 Å². The van der Waals surface area contributed by atoms with Gasteiger partial charge in [-0.1, -0.05) is 13.8 Å². The molecule has 1 atom stereocenters. The van der Waals surface area contributed by atoms with E-state index in [1.807, 2.05) is 16.7 Å². The van der Waals surface area contributed by atoms with Crippen LogP contribution in [0.5, 0.6) is 0 Å². The number of hydrogen-bond donors (Lipinski definition) is 2. The van der Waals surface area contributed by atoms with E-state index in [-0.39, 0.29) is 24.6 Å². The molecule has 1 heterocycles. The van der Waals surface area contributed by atoms with E-state index in [0.717, 1.165) is 30.9 Å². The van der Waals surface area contributed by atoms with Gasteiger partial charge in [-0.2, -0.15) is 11.8 Å². The predicted octanol–water partition coefficient (Wildman–Crippen LogP) is 0.701. The molecule has 100 valence electrons. The molecule has 1 aliphatic heterocycles. The number of nitrogens with one attached hydrogen (secondary N) is 1. The van der Waals surface area contributed by atoms with Crippen LogP contribution in [0.1, 0.15) is 26.7 Å². The monoisotopic (exact) mass is 260 g/mol.